The van der Waals surface area contributed by atoms with E-state index in [1.165, 1.54) is 11.1 Å². The van der Waals surface area contributed by atoms with Crippen molar-refractivity contribution in [3.05, 3.63) is 47.5 Å². The molecule has 1 aromatic carbocycles. The van der Waals surface area contributed by atoms with Crippen LogP contribution in [-0.4, -0.2) is 36.7 Å². The van der Waals surface area contributed by atoms with Gasteiger partial charge in [-0.25, -0.2) is 0 Å². The molecule has 122 valence electrons. The third kappa shape index (κ3) is 5.26. The number of hydrogen-bond donors (Lipinski definition) is 0. The Morgan fingerprint density at radius 1 is 1.05 bits per heavy atom. The van der Waals surface area contributed by atoms with Gasteiger partial charge in [-0.2, -0.15) is 0 Å². The first kappa shape index (κ1) is 17.2. The van der Waals surface area contributed by atoms with Crippen molar-refractivity contribution in [2.24, 2.45) is 0 Å². The summed E-state index contributed by atoms with van der Waals surface area (Å²) in [6.45, 7) is 14.2. The molecule has 0 bridgehead atoms. The van der Waals surface area contributed by atoms with Crippen LogP contribution >= 0.6 is 0 Å². The van der Waals surface area contributed by atoms with Gasteiger partial charge in [0.2, 0.25) is 0 Å². The molecule has 0 spiro atoms. The van der Waals surface area contributed by atoms with Crippen molar-refractivity contribution >= 4 is 0 Å². The van der Waals surface area contributed by atoms with Gasteiger partial charge in [0, 0.05) is 19.6 Å². The Morgan fingerprint density at radius 2 is 1.64 bits per heavy atom. The number of rotatable bonds is 4. The van der Waals surface area contributed by atoms with Crippen LogP contribution in [0.5, 0.6) is 0 Å². The maximum absolute atomic E-state index is 5.76. The predicted octanol–water partition coefficient (Wildman–Crippen LogP) is 4.19. The molecule has 2 rings (SSSR count). The van der Waals surface area contributed by atoms with Crippen molar-refractivity contribution in [2.75, 3.05) is 19.6 Å². The minimum Gasteiger partial charge on any atom is -0.373 e. The summed E-state index contributed by atoms with van der Waals surface area (Å²) in [5.74, 6) is 0. The number of ether oxygens (including phenoxy) is 1. The molecule has 0 amide bonds. The zero-order valence-corrected chi connectivity index (χ0v) is 14.8. The second-order valence-corrected chi connectivity index (χ2v) is 7.60. The second-order valence-electron chi connectivity index (χ2n) is 7.60. The van der Waals surface area contributed by atoms with Gasteiger partial charge in [0.15, 0.2) is 0 Å². The molecule has 2 heteroatoms. The third-order valence-corrected chi connectivity index (χ3v) is 4.20. The van der Waals surface area contributed by atoms with Crippen LogP contribution in [0.4, 0.5) is 0 Å². The van der Waals surface area contributed by atoms with Gasteiger partial charge in [-0.3, -0.25) is 4.90 Å². The number of benzene rings is 1. The highest BCUT2D eigenvalue weighted by atomic mass is 16.5. The summed E-state index contributed by atoms with van der Waals surface area (Å²) in [5, 5.41) is 0. The molecule has 0 saturated carbocycles. The largest absolute Gasteiger partial charge is 0.373 e. The van der Waals surface area contributed by atoms with Crippen molar-refractivity contribution in [3.8, 4) is 0 Å². The summed E-state index contributed by atoms with van der Waals surface area (Å²) in [5.41, 5.74) is 3.02. The molecule has 1 saturated heterocycles. The van der Waals surface area contributed by atoms with Crippen LogP contribution in [0.1, 0.15) is 45.7 Å². The maximum Gasteiger partial charge on any atom is 0.0678 e. The SMILES string of the molecule is CC1CN(C/C=C/Cc2ccc(C(C)(C)C)cc2)CC(C)O1. The molecule has 1 aliphatic rings. The Bertz CT molecular complexity index is 473. The fourth-order valence-corrected chi connectivity index (χ4v) is 3.02. The summed E-state index contributed by atoms with van der Waals surface area (Å²) < 4.78 is 5.76. The van der Waals surface area contributed by atoms with E-state index in [0.29, 0.717) is 12.2 Å². The minimum absolute atomic E-state index is 0.234. The highest BCUT2D eigenvalue weighted by Gasteiger charge is 2.20. The van der Waals surface area contributed by atoms with Gasteiger partial charge in [0.25, 0.3) is 0 Å². The van der Waals surface area contributed by atoms with Crippen LogP contribution in [0.3, 0.4) is 0 Å². The van der Waals surface area contributed by atoms with Crippen molar-refractivity contribution in [1.82, 2.24) is 4.90 Å². The van der Waals surface area contributed by atoms with Crippen molar-refractivity contribution in [2.45, 2.75) is 58.7 Å². The van der Waals surface area contributed by atoms with E-state index in [1.807, 2.05) is 0 Å². The lowest BCUT2D eigenvalue weighted by Crippen LogP contribution is -2.45. The molecule has 0 aliphatic carbocycles. The van der Waals surface area contributed by atoms with Gasteiger partial charge in [-0.15, -0.1) is 0 Å². The molecule has 1 aliphatic heterocycles. The fourth-order valence-electron chi connectivity index (χ4n) is 3.02. The van der Waals surface area contributed by atoms with Crippen LogP contribution in [-0.2, 0) is 16.6 Å². The summed E-state index contributed by atoms with van der Waals surface area (Å²) in [7, 11) is 0. The van der Waals surface area contributed by atoms with Crippen molar-refractivity contribution in [3.63, 3.8) is 0 Å². The number of morpholine rings is 1. The Labute approximate surface area is 136 Å². The van der Waals surface area contributed by atoms with E-state index in [1.54, 1.807) is 0 Å². The predicted molar refractivity (Wildman–Crippen MR) is 94.4 cm³/mol. The lowest BCUT2D eigenvalue weighted by atomic mass is 9.86. The molecule has 1 fully saturated rings. The summed E-state index contributed by atoms with van der Waals surface area (Å²) in [6.07, 6.45) is 6.29. The average Bonchev–Trinajstić information content (AvgIpc) is 2.42. The normalized spacial score (nSPS) is 24.0. The number of nitrogens with zero attached hydrogens (tertiary/aromatic N) is 1. The molecule has 2 atom stereocenters. The zero-order chi connectivity index (χ0) is 16.2. The van der Waals surface area contributed by atoms with Gasteiger partial charge in [0.05, 0.1) is 12.2 Å². The van der Waals surface area contributed by atoms with E-state index in [-0.39, 0.29) is 5.41 Å². The fraction of sp³-hybridized carbons (Fsp3) is 0.600. The Morgan fingerprint density at radius 3 is 2.18 bits per heavy atom. The highest BCUT2D eigenvalue weighted by molar-refractivity contribution is 5.28. The van der Waals surface area contributed by atoms with Crippen LogP contribution in [0.15, 0.2) is 36.4 Å². The van der Waals surface area contributed by atoms with Gasteiger partial charge in [-0.1, -0.05) is 57.2 Å². The first-order valence-electron chi connectivity index (χ1n) is 8.47. The molecular weight excluding hydrogens is 270 g/mol. The monoisotopic (exact) mass is 301 g/mol. The van der Waals surface area contributed by atoms with Crippen LogP contribution in [0.25, 0.3) is 0 Å². The van der Waals surface area contributed by atoms with Crippen LogP contribution < -0.4 is 0 Å². The molecule has 2 nitrogen and oxygen atoms in total. The second kappa shape index (κ2) is 7.43. The smallest absolute Gasteiger partial charge is 0.0678 e. The van der Waals surface area contributed by atoms with E-state index in [0.717, 1.165) is 26.1 Å². The lowest BCUT2D eigenvalue weighted by Gasteiger charge is -2.34. The molecule has 1 heterocycles. The Balaban J connectivity index is 1.80. The van der Waals surface area contributed by atoms with Gasteiger partial charge in [-0.05, 0) is 36.8 Å². The molecular formula is C20H31NO. The molecule has 0 aromatic heterocycles. The first-order valence-corrected chi connectivity index (χ1v) is 8.47. The van der Waals surface area contributed by atoms with E-state index < -0.39 is 0 Å². The molecule has 22 heavy (non-hydrogen) atoms. The minimum atomic E-state index is 0.234. The van der Waals surface area contributed by atoms with E-state index in [4.69, 9.17) is 4.74 Å². The van der Waals surface area contributed by atoms with Crippen LogP contribution in [0, 0.1) is 0 Å². The Hall–Kier alpha value is -1.12. The van der Waals surface area contributed by atoms with Gasteiger partial charge in [0.1, 0.15) is 0 Å². The highest BCUT2D eigenvalue weighted by Crippen LogP contribution is 2.22. The summed E-state index contributed by atoms with van der Waals surface area (Å²) in [6, 6.07) is 9.02. The van der Waals surface area contributed by atoms with E-state index in [9.17, 15) is 0 Å². The zero-order valence-electron chi connectivity index (χ0n) is 14.8. The Kier molecular flexibility index (Phi) is 5.82. The molecule has 0 N–H and O–H groups in total. The summed E-state index contributed by atoms with van der Waals surface area (Å²) in [4.78, 5) is 2.47. The van der Waals surface area contributed by atoms with Crippen molar-refractivity contribution < 1.29 is 4.74 Å². The van der Waals surface area contributed by atoms with E-state index >= 15 is 0 Å². The molecule has 0 radical (unpaired) electrons. The quantitative estimate of drug-likeness (QED) is 0.773. The summed E-state index contributed by atoms with van der Waals surface area (Å²) >= 11 is 0. The van der Waals surface area contributed by atoms with E-state index in [2.05, 4.69) is 75.9 Å². The number of allylic oxidation sites excluding steroid dienone is 1. The maximum atomic E-state index is 5.76. The average molecular weight is 301 g/mol. The lowest BCUT2D eigenvalue weighted by molar-refractivity contribution is -0.0646. The molecule has 1 aromatic rings. The first-order chi connectivity index (χ1) is 10.3. The van der Waals surface area contributed by atoms with Crippen molar-refractivity contribution in [1.29, 1.82) is 0 Å². The standard InChI is InChI=1S/C20H31NO/c1-16-14-21(15-17(2)22-16)13-7-6-8-18-9-11-19(12-10-18)20(3,4)5/h6-7,9-12,16-17H,8,13-15H2,1-5H3/b7-6+. The van der Waals surface area contributed by atoms with Gasteiger partial charge >= 0.3 is 0 Å². The van der Waals surface area contributed by atoms with Gasteiger partial charge < -0.3 is 4.74 Å². The third-order valence-electron chi connectivity index (χ3n) is 4.20. The van der Waals surface area contributed by atoms with Crippen LogP contribution in [0.2, 0.25) is 0 Å². The number of hydrogen-bond acceptors (Lipinski definition) is 2. The molecule has 2 unspecified atom stereocenters. The topological polar surface area (TPSA) is 12.5 Å².